The predicted molar refractivity (Wildman–Crippen MR) is 117 cm³/mol. The maximum Gasteiger partial charge on any atom is 0.242 e. The first-order chi connectivity index (χ1) is 12.5. The summed E-state index contributed by atoms with van der Waals surface area (Å²) in [5.74, 6) is 0.675. The van der Waals surface area contributed by atoms with Crippen LogP contribution in [0.2, 0.25) is 0 Å². The van der Waals surface area contributed by atoms with Gasteiger partial charge in [-0.25, -0.2) is 13.1 Å². The Hall–Kier alpha value is -0.980. The number of nitrogens with zero attached hydrogens (tertiary/aromatic N) is 2. The van der Waals surface area contributed by atoms with Crippen LogP contribution in [0.3, 0.4) is 0 Å². The maximum absolute atomic E-state index is 12.1. The van der Waals surface area contributed by atoms with E-state index in [0.717, 1.165) is 19.6 Å². The van der Waals surface area contributed by atoms with Crippen molar-refractivity contribution < 1.29 is 13.2 Å². The van der Waals surface area contributed by atoms with Crippen molar-refractivity contribution >= 4 is 40.0 Å². The van der Waals surface area contributed by atoms with Crippen LogP contribution in [0.5, 0.6) is 0 Å². The quantitative estimate of drug-likeness (QED) is 0.190. The Kier molecular flexibility index (Phi) is 10.5. The summed E-state index contributed by atoms with van der Waals surface area (Å²) in [5, 5.41) is 6.48. The highest BCUT2D eigenvalue weighted by atomic mass is 127. The molecule has 8 nitrogen and oxygen atoms in total. The number of hydrogen-bond acceptors (Lipinski definition) is 5. The van der Waals surface area contributed by atoms with Crippen molar-refractivity contribution in [3.8, 4) is 0 Å². The van der Waals surface area contributed by atoms with E-state index in [-0.39, 0.29) is 40.8 Å². The van der Waals surface area contributed by atoms with Crippen LogP contribution in [-0.4, -0.2) is 59.8 Å². The number of halogens is 1. The summed E-state index contributed by atoms with van der Waals surface area (Å²) in [6.45, 7) is 2.30. The molecule has 0 aromatic carbocycles. The van der Waals surface area contributed by atoms with Crippen LogP contribution in [-0.2, 0) is 14.8 Å². The molecule has 1 aromatic heterocycles. The molecule has 2 rings (SSSR count). The van der Waals surface area contributed by atoms with Crippen LogP contribution in [0, 0.1) is 5.41 Å². The normalized spacial score (nSPS) is 16.1. The molecule has 27 heavy (non-hydrogen) atoms. The fraction of sp³-hybridized carbons (Fsp3) is 0.647. The van der Waals surface area contributed by atoms with Gasteiger partial charge in [-0.15, -0.1) is 24.0 Å². The Balaban J connectivity index is 0.00000364. The van der Waals surface area contributed by atoms with Crippen molar-refractivity contribution in [2.45, 2.75) is 30.6 Å². The van der Waals surface area contributed by atoms with E-state index in [1.165, 1.54) is 37.7 Å². The van der Waals surface area contributed by atoms with Gasteiger partial charge in [0.1, 0.15) is 4.90 Å². The number of hydrogen-bond donors (Lipinski definition) is 3. The van der Waals surface area contributed by atoms with Crippen LogP contribution in [0.25, 0.3) is 0 Å². The maximum atomic E-state index is 12.1. The zero-order valence-corrected chi connectivity index (χ0v) is 19.0. The Morgan fingerprint density at radius 1 is 1.33 bits per heavy atom. The van der Waals surface area contributed by atoms with E-state index in [2.05, 4.69) is 25.3 Å². The molecule has 0 unspecified atom stereocenters. The summed E-state index contributed by atoms with van der Waals surface area (Å²) in [4.78, 5) is 8.19. The van der Waals surface area contributed by atoms with E-state index in [4.69, 9.17) is 4.74 Å². The van der Waals surface area contributed by atoms with E-state index >= 15 is 0 Å². The minimum Gasteiger partial charge on any atom is -0.385 e. The van der Waals surface area contributed by atoms with Crippen LogP contribution >= 0.6 is 24.0 Å². The van der Waals surface area contributed by atoms with Gasteiger partial charge >= 0.3 is 0 Å². The lowest BCUT2D eigenvalue weighted by Crippen LogP contribution is -2.48. The number of sulfonamides is 1. The van der Waals surface area contributed by atoms with Crippen LogP contribution < -0.4 is 15.4 Å². The highest BCUT2D eigenvalue weighted by molar-refractivity contribution is 14.0. The lowest BCUT2D eigenvalue weighted by Gasteiger charge is -2.42. The SMILES string of the molecule is CN=C(NCCNS(=O)(=O)c1cccnc1)NCC1(CCOC)CCC1.I. The van der Waals surface area contributed by atoms with Gasteiger partial charge in [-0.1, -0.05) is 6.42 Å². The molecule has 0 radical (unpaired) electrons. The number of aromatic nitrogens is 1. The van der Waals surface area contributed by atoms with Gasteiger partial charge in [0.15, 0.2) is 5.96 Å². The molecule has 154 valence electrons. The molecule has 1 heterocycles. The van der Waals surface area contributed by atoms with Crippen molar-refractivity contribution in [1.29, 1.82) is 0 Å². The van der Waals surface area contributed by atoms with Crippen molar-refractivity contribution in [2.24, 2.45) is 10.4 Å². The summed E-state index contributed by atoms with van der Waals surface area (Å²) in [7, 11) is -0.0971. The summed E-state index contributed by atoms with van der Waals surface area (Å²) in [6, 6.07) is 3.11. The Morgan fingerprint density at radius 3 is 2.67 bits per heavy atom. The molecule has 0 saturated heterocycles. The molecule has 10 heteroatoms. The van der Waals surface area contributed by atoms with Crippen molar-refractivity contribution in [2.75, 3.05) is 40.4 Å². The highest BCUT2D eigenvalue weighted by Gasteiger charge is 2.36. The van der Waals surface area contributed by atoms with Gasteiger partial charge in [-0.05, 0) is 36.8 Å². The van der Waals surface area contributed by atoms with Crippen molar-refractivity contribution in [1.82, 2.24) is 20.3 Å². The lowest BCUT2D eigenvalue weighted by atomic mass is 9.67. The minimum atomic E-state index is -3.53. The van der Waals surface area contributed by atoms with Crippen LogP contribution in [0.15, 0.2) is 34.4 Å². The third-order valence-corrected chi connectivity index (χ3v) is 6.21. The number of methoxy groups -OCH3 is 1. The fourth-order valence-corrected chi connectivity index (χ4v) is 3.95. The zero-order valence-electron chi connectivity index (χ0n) is 15.9. The molecule has 0 amide bonds. The number of nitrogens with one attached hydrogen (secondary N) is 3. The van der Waals surface area contributed by atoms with Crippen LogP contribution in [0.1, 0.15) is 25.7 Å². The summed E-state index contributed by atoms with van der Waals surface area (Å²) in [5.41, 5.74) is 0.287. The van der Waals surface area contributed by atoms with Gasteiger partial charge in [-0.2, -0.15) is 0 Å². The van der Waals surface area contributed by atoms with Gasteiger partial charge in [0.25, 0.3) is 0 Å². The first-order valence-electron chi connectivity index (χ1n) is 8.84. The largest absolute Gasteiger partial charge is 0.385 e. The topological polar surface area (TPSA) is 105 Å². The smallest absolute Gasteiger partial charge is 0.242 e. The van der Waals surface area contributed by atoms with Crippen molar-refractivity contribution in [3.63, 3.8) is 0 Å². The van der Waals surface area contributed by atoms with Gasteiger partial charge in [0.2, 0.25) is 10.0 Å². The molecule has 0 bridgehead atoms. The van der Waals surface area contributed by atoms with Gasteiger partial charge in [0.05, 0.1) is 0 Å². The third-order valence-electron chi connectivity index (χ3n) is 4.76. The second-order valence-electron chi connectivity index (χ2n) is 6.54. The molecular weight excluding hydrogens is 481 g/mol. The first kappa shape index (κ1) is 24.1. The predicted octanol–water partition coefficient (Wildman–Crippen LogP) is 1.35. The van der Waals surface area contributed by atoms with E-state index in [0.29, 0.717) is 12.5 Å². The van der Waals surface area contributed by atoms with Crippen LogP contribution in [0.4, 0.5) is 0 Å². The lowest BCUT2D eigenvalue weighted by molar-refractivity contribution is 0.0732. The van der Waals surface area contributed by atoms with E-state index in [1.54, 1.807) is 20.2 Å². The number of guanidine groups is 1. The van der Waals surface area contributed by atoms with E-state index in [9.17, 15) is 8.42 Å². The van der Waals surface area contributed by atoms with E-state index < -0.39 is 10.0 Å². The molecular formula is C17H30IN5O3S. The number of rotatable bonds is 10. The molecule has 0 atom stereocenters. The average molecular weight is 511 g/mol. The highest BCUT2D eigenvalue weighted by Crippen LogP contribution is 2.43. The second-order valence-corrected chi connectivity index (χ2v) is 8.30. The standard InChI is InChI=1S/C17H29N5O3S.HI/c1-18-16(21-14-17(6-4-7-17)8-12-25-2)20-10-11-22-26(23,24)15-5-3-9-19-13-15;/h3,5,9,13,22H,4,6-8,10-12,14H2,1-2H3,(H2,18,20,21);1H. The fourth-order valence-electron chi connectivity index (χ4n) is 2.96. The molecule has 0 aliphatic heterocycles. The molecule has 1 fully saturated rings. The molecule has 1 saturated carbocycles. The third kappa shape index (κ3) is 7.51. The van der Waals surface area contributed by atoms with Gasteiger partial charge in [0, 0.05) is 52.8 Å². The molecule has 1 aliphatic carbocycles. The Bertz CT molecular complexity index is 681. The van der Waals surface area contributed by atoms with Crippen molar-refractivity contribution in [3.05, 3.63) is 24.5 Å². The first-order valence-corrected chi connectivity index (χ1v) is 10.3. The average Bonchev–Trinajstić information content (AvgIpc) is 2.62. The van der Waals surface area contributed by atoms with E-state index in [1.807, 2.05) is 0 Å². The monoisotopic (exact) mass is 511 g/mol. The Labute approximate surface area is 179 Å². The number of aliphatic imine (C=N–C) groups is 1. The summed E-state index contributed by atoms with van der Waals surface area (Å²) in [6.07, 6.45) is 7.56. The molecule has 0 spiro atoms. The zero-order chi connectivity index (χ0) is 18.9. The van der Waals surface area contributed by atoms with Gasteiger partial charge in [-0.3, -0.25) is 9.98 Å². The molecule has 3 N–H and O–H groups in total. The minimum absolute atomic E-state index is 0. The molecule has 1 aromatic rings. The van der Waals surface area contributed by atoms with Gasteiger partial charge < -0.3 is 15.4 Å². The Morgan fingerprint density at radius 2 is 2.11 bits per heavy atom. The summed E-state index contributed by atoms with van der Waals surface area (Å²) >= 11 is 0. The second kappa shape index (κ2) is 11.8. The molecule has 1 aliphatic rings. The summed E-state index contributed by atoms with van der Waals surface area (Å²) < 4.78 is 32.0. The number of ether oxygens (including phenoxy) is 1. The number of pyridine rings is 1.